The molecule has 10 heavy (non-hydrogen) atoms. The molecule has 1 aliphatic heterocycles. The number of nitrogens with zero attached hydrogens (tertiary/aromatic N) is 1. The molecule has 0 radical (unpaired) electrons. The highest BCUT2D eigenvalue weighted by Gasteiger charge is 2.35. The van der Waals surface area contributed by atoms with Crippen molar-refractivity contribution in [1.82, 2.24) is 4.67 Å². The zero-order chi connectivity index (χ0) is 7.78. The number of ether oxygens (including phenoxy) is 1. The number of halogens is 1. The Morgan fingerprint density at radius 2 is 2.40 bits per heavy atom. The molecule has 1 rings (SSSR count). The van der Waals surface area contributed by atoms with Crippen LogP contribution in [0.15, 0.2) is 0 Å². The van der Waals surface area contributed by atoms with E-state index in [1.807, 2.05) is 0 Å². The lowest BCUT2D eigenvalue weighted by Gasteiger charge is -2.11. The third-order valence-corrected chi connectivity index (χ3v) is 2.54. The van der Waals surface area contributed by atoms with Gasteiger partial charge in [0.2, 0.25) is 0 Å². The van der Waals surface area contributed by atoms with E-state index in [-0.39, 0.29) is 13.2 Å². The van der Waals surface area contributed by atoms with Gasteiger partial charge in [0.15, 0.2) is 0 Å². The summed E-state index contributed by atoms with van der Waals surface area (Å²) in [5.41, 5.74) is 0. The molecule has 1 atom stereocenters. The Balaban J connectivity index is 2.74. The minimum atomic E-state index is -3.94. The summed E-state index contributed by atoms with van der Waals surface area (Å²) in [6, 6.07) is 0. The number of amides is 1. The van der Waals surface area contributed by atoms with Crippen LogP contribution in [0.25, 0.3) is 0 Å². The Morgan fingerprint density at radius 1 is 1.80 bits per heavy atom. The number of cyclic esters (lactones) is 1. The molecule has 0 saturated carbocycles. The fourth-order valence-electron chi connectivity index (χ4n) is 0.609. The van der Waals surface area contributed by atoms with Crippen molar-refractivity contribution < 1.29 is 19.0 Å². The van der Waals surface area contributed by atoms with Gasteiger partial charge in [0.1, 0.15) is 6.61 Å². The third-order valence-electron chi connectivity index (χ3n) is 1.04. The van der Waals surface area contributed by atoms with Crippen LogP contribution < -0.4 is 0 Å². The van der Waals surface area contributed by atoms with Crippen molar-refractivity contribution in [1.29, 1.82) is 0 Å². The van der Waals surface area contributed by atoms with Gasteiger partial charge in [-0.1, -0.05) is 0 Å². The van der Waals surface area contributed by atoms with Gasteiger partial charge in [-0.25, -0.2) is 14.0 Å². The lowest BCUT2D eigenvalue weighted by atomic mass is 10.7. The maximum absolute atomic E-state index is 10.6. The molecule has 0 aliphatic carbocycles. The first kappa shape index (κ1) is 7.85. The molecule has 1 amide bonds. The van der Waals surface area contributed by atoms with Crippen molar-refractivity contribution in [3.8, 4) is 0 Å². The molecule has 5 nitrogen and oxygen atoms in total. The number of carbonyl (C=O) groups excluding carboxylic acids is 1. The van der Waals surface area contributed by atoms with E-state index in [4.69, 9.17) is 16.1 Å². The topological polar surface area (TPSA) is 66.8 Å². The molecule has 0 aromatic heterocycles. The van der Waals surface area contributed by atoms with Crippen LogP contribution in [0, 0.1) is 0 Å². The largest absolute Gasteiger partial charge is 0.447 e. The normalized spacial score (nSPS) is 24.2. The van der Waals surface area contributed by atoms with Gasteiger partial charge < -0.3 is 9.63 Å². The van der Waals surface area contributed by atoms with Crippen LogP contribution >= 0.6 is 18.1 Å². The lowest BCUT2D eigenvalue weighted by molar-refractivity contribution is 0.168. The van der Waals surface area contributed by atoms with Gasteiger partial charge in [-0.3, -0.25) is 0 Å². The number of hydrogen-bond donors (Lipinski definition) is 1. The molecular weight excluding hydrogens is 180 g/mol. The molecule has 0 aromatic carbocycles. The molecular formula is C3H5ClNO4P. The first-order valence-electron chi connectivity index (χ1n) is 2.49. The Labute approximate surface area is 61.8 Å². The van der Waals surface area contributed by atoms with Crippen molar-refractivity contribution in [2.24, 2.45) is 0 Å². The maximum atomic E-state index is 10.6. The minimum absolute atomic E-state index is 0.0795. The third kappa shape index (κ3) is 1.42. The van der Waals surface area contributed by atoms with Crippen LogP contribution in [0.5, 0.6) is 0 Å². The Kier molecular flexibility index (Phi) is 1.90. The van der Waals surface area contributed by atoms with Crippen LogP contribution in [0.1, 0.15) is 0 Å². The summed E-state index contributed by atoms with van der Waals surface area (Å²) in [5, 5.41) is 0. The molecule has 7 heteroatoms. The quantitative estimate of drug-likeness (QED) is 0.613. The molecule has 0 spiro atoms. The second kappa shape index (κ2) is 2.42. The molecule has 1 fully saturated rings. The number of carbonyl (C=O) groups is 1. The zero-order valence-electron chi connectivity index (χ0n) is 4.86. The Bertz CT molecular complexity index is 201. The monoisotopic (exact) mass is 185 g/mol. The van der Waals surface area contributed by atoms with E-state index in [0.717, 1.165) is 0 Å². The molecule has 1 heterocycles. The molecule has 1 saturated heterocycles. The minimum Gasteiger partial charge on any atom is -0.447 e. The summed E-state index contributed by atoms with van der Waals surface area (Å²) in [6.45, 7) is -3.74. The zero-order valence-corrected chi connectivity index (χ0v) is 6.51. The predicted molar refractivity (Wildman–Crippen MR) is 33.7 cm³/mol. The van der Waals surface area contributed by atoms with Gasteiger partial charge in [0, 0.05) is 0 Å². The van der Waals surface area contributed by atoms with Gasteiger partial charge in [0.25, 0.3) is 0 Å². The molecule has 0 bridgehead atoms. The van der Waals surface area contributed by atoms with Crippen molar-refractivity contribution in [2.45, 2.75) is 0 Å². The van der Waals surface area contributed by atoms with Gasteiger partial charge in [-0.15, -0.1) is 0 Å². The number of hydrogen-bond acceptors (Lipinski definition) is 3. The lowest BCUT2D eigenvalue weighted by Crippen LogP contribution is -2.17. The maximum Gasteiger partial charge on any atom is 0.418 e. The summed E-state index contributed by atoms with van der Waals surface area (Å²) in [6.07, 6.45) is -0.833. The Morgan fingerprint density at radius 3 is 2.60 bits per heavy atom. The van der Waals surface area contributed by atoms with Crippen LogP contribution in [0.4, 0.5) is 4.79 Å². The van der Waals surface area contributed by atoms with E-state index in [1.54, 1.807) is 0 Å². The molecule has 1 unspecified atom stereocenters. The summed E-state index contributed by atoms with van der Waals surface area (Å²) >= 11 is 4.97. The number of rotatable bonds is 1. The van der Waals surface area contributed by atoms with E-state index in [9.17, 15) is 9.36 Å². The van der Waals surface area contributed by atoms with Crippen LogP contribution in [-0.2, 0) is 9.30 Å². The Hall–Kier alpha value is -0.250. The van der Waals surface area contributed by atoms with E-state index < -0.39 is 13.0 Å². The van der Waals surface area contributed by atoms with Crippen molar-refractivity contribution in [2.75, 3.05) is 13.2 Å². The molecule has 1 aliphatic rings. The van der Waals surface area contributed by atoms with Crippen LogP contribution in [0.2, 0.25) is 0 Å². The highest BCUT2D eigenvalue weighted by molar-refractivity contribution is 7.83. The molecule has 0 aromatic rings. The average Bonchev–Trinajstić information content (AvgIpc) is 2.11. The second-order valence-electron chi connectivity index (χ2n) is 1.71. The van der Waals surface area contributed by atoms with E-state index >= 15 is 0 Å². The van der Waals surface area contributed by atoms with Gasteiger partial charge in [-0.2, -0.15) is 0 Å². The van der Waals surface area contributed by atoms with Gasteiger partial charge in [-0.05, 0) is 11.2 Å². The first-order chi connectivity index (χ1) is 4.52. The van der Waals surface area contributed by atoms with E-state index in [0.29, 0.717) is 4.67 Å². The predicted octanol–water partition coefficient (Wildman–Crippen LogP) is 0.778. The summed E-state index contributed by atoms with van der Waals surface area (Å²) in [5.74, 6) is 0. The van der Waals surface area contributed by atoms with Crippen molar-refractivity contribution in [3.63, 3.8) is 0 Å². The van der Waals surface area contributed by atoms with Gasteiger partial charge >= 0.3 is 13.0 Å². The second-order valence-corrected chi connectivity index (χ2v) is 4.46. The van der Waals surface area contributed by atoms with Crippen LogP contribution in [-0.4, -0.2) is 28.8 Å². The fraction of sp³-hybridized carbons (Fsp3) is 0.667. The fourth-order valence-corrected chi connectivity index (χ4v) is 1.61. The molecule has 58 valence electrons. The van der Waals surface area contributed by atoms with Crippen LogP contribution in [0.3, 0.4) is 0 Å². The highest BCUT2D eigenvalue weighted by atomic mass is 35.7. The summed E-state index contributed by atoms with van der Waals surface area (Å²) < 4.78 is 15.5. The average molecular weight is 186 g/mol. The SMILES string of the molecule is O=C1OCCN1P(=O)(O)Cl. The summed E-state index contributed by atoms with van der Waals surface area (Å²) in [4.78, 5) is 19.1. The van der Waals surface area contributed by atoms with Gasteiger partial charge in [0.05, 0.1) is 6.54 Å². The van der Waals surface area contributed by atoms with Crippen molar-refractivity contribution in [3.05, 3.63) is 0 Å². The molecule has 1 N–H and O–H groups in total. The smallest absolute Gasteiger partial charge is 0.418 e. The summed E-state index contributed by atoms with van der Waals surface area (Å²) in [7, 11) is 0. The first-order valence-corrected chi connectivity index (χ1v) is 5.01. The standard InChI is InChI=1S/C3H5ClNO4P/c4-10(7,8)5-1-2-9-3(5)6/h1-2H2,(H,7,8). The van der Waals surface area contributed by atoms with E-state index in [2.05, 4.69) is 4.74 Å². The van der Waals surface area contributed by atoms with E-state index in [1.165, 1.54) is 0 Å². The van der Waals surface area contributed by atoms with Crippen molar-refractivity contribution >= 4 is 24.2 Å². The highest BCUT2D eigenvalue weighted by Crippen LogP contribution is 2.51.